The van der Waals surface area contributed by atoms with Crippen molar-refractivity contribution < 1.29 is 14.3 Å². The smallest absolute Gasteiger partial charge is 0.318 e. The Morgan fingerprint density at radius 2 is 1.71 bits per heavy atom. The lowest BCUT2D eigenvalue weighted by atomic mass is 9.98. The Hall–Kier alpha value is -2.66. The molecule has 2 aromatic carbocycles. The van der Waals surface area contributed by atoms with E-state index < -0.39 is 11.9 Å². The summed E-state index contributed by atoms with van der Waals surface area (Å²) in [5.41, 5.74) is 8.06. The van der Waals surface area contributed by atoms with E-state index in [1.807, 2.05) is 42.5 Å². The van der Waals surface area contributed by atoms with E-state index in [1.54, 1.807) is 19.1 Å². The molecule has 126 valence electrons. The van der Waals surface area contributed by atoms with Crippen molar-refractivity contribution in [2.45, 2.75) is 19.9 Å². The minimum Gasteiger partial charge on any atom is -0.465 e. The highest BCUT2D eigenvalue weighted by Crippen LogP contribution is 2.15. The monoisotopic (exact) mass is 326 g/mol. The second-order valence-electron chi connectivity index (χ2n) is 5.38. The molecule has 0 fully saturated rings. The first-order valence-corrected chi connectivity index (χ1v) is 7.94. The van der Waals surface area contributed by atoms with Crippen molar-refractivity contribution in [2.75, 3.05) is 11.9 Å². The van der Waals surface area contributed by atoms with Crippen molar-refractivity contribution in [3.63, 3.8) is 0 Å². The molecule has 5 nitrogen and oxygen atoms in total. The van der Waals surface area contributed by atoms with Gasteiger partial charge >= 0.3 is 5.97 Å². The summed E-state index contributed by atoms with van der Waals surface area (Å²) in [7, 11) is 0. The number of esters is 1. The van der Waals surface area contributed by atoms with Crippen LogP contribution in [0.3, 0.4) is 0 Å². The molecule has 2 aromatic rings. The largest absolute Gasteiger partial charge is 0.465 e. The Morgan fingerprint density at radius 1 is 1.04 bits per heavy atom. The van der Waals surface area contributed by atoms with Crippen LogP contribution in [-0.4, -0.2) is 18.5 Å². The highest BCUT2D eigenvalue weighted by molar-refractivity contribution is 6.05. The van der Waals surface area contributed by atoms with Gasteiger partial charge in [-0.1, -0.05) is 42.5 Å². The Kier molecular flexibility index (Phi) is 6.51. The van der Waals surface area contributed by atoms with Crippen molar-refractivity contribution >= 4 is 17.6 Å². The van der Waals surface area contributed by atoms with Crippen LogP contribution in [0.1, 0.15) is 18.1 Å². The summed E-state index contributed by atoms with van der Waals surface area (Å²) < 4.78 is 5.06. The van der Waals surface area contributed by atoms with Crippen LogP contribution >= 0.6 is 0 Å². The Balaban J connectivity index is 2.12. The van der Waals surface area contributed by atoms with Gasteiger partial charge in [0.25, 0.3) is 0 Å². The number of hydrogen-bond acceptors (Lipinski definition) is 4. The van der Waals surface area contributed by atoms with Crippen molar-refractivity contribution in [1.82, 2.24) is 0 Å². The number of carbonyl (C=O) groups excluding carboxylic acids is 2. The molecule has 0 radical (unpaired) electrons. The second kappa shape index (κ2) is 8.84. The van der Waals surface area contributed by atoms with Gasteiger partial charge in [-0.25, -0.2) is 0 Å². The summed E-state index contributed by atoms with van der Waals surface area (Å²) in [5.74, 6) is -1.78. The predicted octanol–water partition coefficient (Wildman–Crippen LogP) is 2.51. The van der Waals surface area contributed by atoms with Gasteiger partial charge in [0.05, 0.1) is 6.61 Å². The fourth-order valence-corrected chi connectivity index (χ4v) is 2.33. The first kappa shape index (κ1) is 17.7. The number of ether oxygens (including phenoxy) is 1. The van der Waals surface area contributed by atoms with Crippen LogP contribution in [0, 0.1) is 5.92 Å². The van der Waals surface area contributed by atoms with Crippen LogP contribution in [0.4, 0.5) is 5.69 Å². The maximum Gasteiger partial charge on any atom is 0.318 e. The zero-order valence-corrected chi connectivity index (χ0v) is 13.7. The first-order chi connectivity index (χ1) is 11.6. The molecule has 2 rings (SSSR count). The minimum absolute atomic E-state index is 0.239. The number of nitrogens with two attached hydrogens (primary N) is 1. The summed E-state index contributed by atoms with van der Waals surface area (Å²) in [6, 6.07) is 16.6. The van der Waals surface area contributed by atoms with E-state index in [0.29, 0.717) is 18.7 Å². The Labute approximate surface area is 141 Å². The Morgan fingerprint density at radius 3 is 2.29 bits per heavy atom. The van der Waals surface area contributed by atoms with Gasteiger partial charge in [-0.15, -0.1) is 0 Å². The molecule has 0 aliphatic rings. The van der Waals surface area contributed by atoms with E-state index in [0.717, 1.165) is 11.1 Å². The lowest BCUT2D eigenvalue weighted by molar-refractivity contribution is -0.150. The number of carbonyl (C=O) groups is 2. The minimum atomic E-state index is -0.887. The molecule has 1 unspecified atom stereocenters. The van der Waals surface area contributed by atoms with Crippen LogP contribution in [0.2, 0.25) is 0 Å². The molecule has 0 aromatic heterocycles. The average Bonchev–Trinajstić information content (AvgIpc) is 2.61. The molecule has 0 spiro atoms. The molecule has 0 aliphatic heterocycles. The third-order valence-corrected chi connectivity index (χ3v) is 3.63. The molecule has 1 amide bonds. The molecule has 0 aliphatic carbocycles. The maximum atomic E-state index is 12.6. The van der Waals surface area contributed by atoms with Crippen LogP contribution in [-0.2, 0) is 27.3 Å². The third-order valence-electron chi connectivity index (χ3n) is 3.63. The van der Waals surface area contributed by atoms with E-state index >= 15 is 0 Å². The van der Waals surface area contributed by atoms with Gasteiger partial charge in [-0.05, 0) is 36.6 Å². The molecular formula is C19H22N2O3. The third kappa shape index (κ3) is 4.93. The van der Waals surface area contributed by atoms with Gasteiger partial charge in [-0.2, -0.15) is 0 Å². The number of anilines is 1. The molecule has 24 heavy (non-hydrogen) atoms. The molecule has 0 saturated heterocycles. The van der Waals surface area contributed by atoms with Crippen molar-refractivity contribution in [3.8, 4) is 0 Å². The lowest BCUT2D eigenvalue weighted by Gasteiger charge is -2.16. The van der Waals surface area contributed by atoms with E-state index in [9.17, 15) is 9.59 Å². The van der Waals surface area contributed by atoms with Gasteiger partial charge in [0.15, 0.2) is 0 Å². The van der Waals surface area contributed by atoms with Gasteiger partial charge in [-0.3, -0.25) is 9.59 Å². The van der Waals surface area contributed by atoms with Crippen LogP contribution in [0.15, 0.2) is 54.6 Å². The van der Waals surface area contributed by atoms with Gasteiger partial charge in [0.1, 0.15) is 5.92 Å². The summed E-state index contributed by atoms with van der Waals surface area (Å²) in [6.07, 6.45) is 0.298. The zero-order chi connectivity index (χ0) is 17.4. The van der Waals surface area contributed by atoms with Crippen molar-refractivity contribution in [1.29, 1.82) is 0 Å². The number of nitrogens with one attached hydrogen (secondary N) is 1. The predicted molar refractivity (Wildman–Crippen MR) is 93.2 cm³/mol. The molecule has 5 heteroatoms. The quantitative estimate of drug-likeness (QED) is 0.605. The number of amides is 1. The normalized spacial score (nSPS) is 11.6. The summed E-state index contributed by atoms with van der Waals surface area (Å²) in [5, 5.41) is 2.77. The fourth-order valence-electron chi connectivity index (χ4n) is 2.33. The topological polar surface area (TPSA) is 81.4 Å². The molecule has 0 heterocycles. The highest BCUT2D eigenvalue weighted by atomic mass is 16.5. The number of hydrogen-bond donors (Lipinski definition) is 2. The van der Waals surface area contributed by atoms with E-state index in [2.05, 4.69) is 5.32 Å². The number of rotatable bonds is 7. The maximum absolute atomic E-state index is 12.6. The van der Waals surface area contributed by atoms with Crippen LogP contribution in [0.25, 0.3) is 0 Å². The molecule has 1 atom stereocenters. The van der Waals surface area contributed by atoms with Crippen molar-refractivity contribution in [2.24, 2.45) is 11.7 Å². The molecule has 3 N–H and O–H groups in total. The lowest BCUT2D eigenvalue weighted by Crippen LogP contribution is -2.33. The van der Waals surface area contributed by atoms with Crippen LogP contribution < -0.4 is 11.1 Å². The zero-order valence-electron chi connectivity index (χ0n) is 13.7. The van der Waals surface area contributed by atoms with Gasteiger partial charge in [0.2, 0.25) is 5.91 Å². The van der Waals surface area contributed by atoms with E-state index in [1.165, 1.54) is 0 Å². The summed E-state index contributed by atoms with van der Waals surface area (Å²) in [6.45, 7) is 2.40. The first-order valence-electron chi connectivity index (χ1n) is 7.94. The fraction of sp³-hybridized carbons (Fsp3) is 0.263. The molecular weight excluding hydrogens is 304 g/mol. The standard InChI is InChI=1S/C19H22N2O3/c1-2-24-19(23)17(12-14-6-4-3-5-7-14)18(22)21-16-10-8-15(13-20)9-11-16/h3-11,17H,2,12-13,20H2,1H3,(H,21,22). The number of benzene rings is 2. The van der Waals surface area contributed by atoms with E-state index in [4.69, 9.17) is 10.5 Å². The molecule has 0 saturated carbocycles. The Bertz CT molecular complexity index is 669. The SMILES string of the molecule is CCOC(=O)C(Cc1ccccc1)C(=O)Nc1ccc(CN)cc1. The molecule has 0 bridgehead atoms. The highest BCUT2D eigenvalue weighted by Gasteiger charge is 2.28. The van der Waals surface area contributed by atoms with Gasteiger partial charge < -0.3 is 15.8 Å². The van der Waals surface area contributed by atoms with E-state index in [-0.39, 0.29) is 12.5 Å². The summed E-state index contributed by atoms with van der Waals surface area (Å²) in [4.78, 5) is 24.7. The van der Waals surface area contributed by atoms with Crippen LogP contribution in [0.5, 0.6) is 0 Å². The summed E-state index contributed by atoms with van der Waals surface area (Å²) >= 11 is 0. The van der Waals surface area contributed by atoms with Crippen molar-refractivity contribution in [3.05, 3.63) is 65.7 Å². The van der Waals surface area contributed by atoms with Gasteiger partial charge in [0, 0.05) is 12.2 Å². The second-order valence-corrected chi connectivity index (χ2v) is 5.38. The average molecular weight is 326 g/mol.